The van der Waals surface area contributed by atoms with Crippen molar-refractivity contribution < 1.29 is 27.5 Å². The molecule has 0 radical (unpaired) electrons. The smallest absolute Gasteiger partial charge is 0.417 e. The fraction of sp³-hybridized carbons (Fsp3) is 0.222. The molecule has 1 unspecified atom stereocenters. The molecule has 0 aliphatic rings. The second-order valence-electron chi connectivity index (χ2n) is 5.37. The lowest BCUT2D eigenvalue weighted by Crippen LogP contribution is -2.10. The molecule has 0 aliphatic carbocycles. The summed E-state index contributed by atoms with van der Waals surface area (Å²) in [6, 6.07) is 7.00. The second kappa shape index (κ2) is 9.32. The van der Waals surface area contributed by atoms with Crippen molar-refractivity contribution in [3.8, 4) is 0 Å². The van der Waals surface area contributed by atoms with Gasteiger partial charge in [-0.25, -0.2) is 4.79 Å². The summed E-state index contributed by atoms with van der Waals surface area (Å²) in [7, 11) is 2.59. The lowest BCUT2D eigenvalue weighted by molar-refractivity contribution is -0.137. The molecule has 0 amide bonds. The number of hydrogen-bond acceptors (Lipinski definition) is 6. The Balaban J connectivity index is 2.30. The summed E-state index contributed by atoms with van der Waals surface area (Å²) in [5.74, 6) is -1.23. The number of pyridine rings is 1. The molecule has 28 heavy (non-hydrogen) atoms. The minimum atomic E-state index is -4.55. The molecule has 0 N–H and O–H groups in total. The Kier molecular flexibility index (Phi) is 7.11. The van der Waals surface area contributed by atoms with Crippen LogP contribution in [0.15, 0.2) is 46.7 Å². The van der Waals surface area contributed by atoms with E-state index in [4.69, 9.17) is 11.6 Å². The normalized spacial score (nSPS) is 13.1. The molecule has 0 aliphatic heterocycles. The van der Waals surface area contributed by atoms with Crippen LogP contribution in [0.2, 0.25) is 5.02 Å². The number of nitrogens with zero attached hydrogens (tertiary/aromatic N) is 3. The first-order chi connectivity index (χ1) is 13.3. The van der Waals surface area contributed by atoms with Gasteiger partial charge in [0.05, 0.1) is 46.8 Å². The summed E-state index contributed by atoms with van der Waals surface area (Å²) in [4.78, 5) is 24.1. The first-order valence-corrected chi connectivity index (χ1v) is 8.16. The third kappa shape index (κ3) is 5.53. The van der Waals surface area contributed by atoms with Crippen LogP contribution in [-0.2, 0) is 15.8 Å². The number of esters is 1. The van der Waals surface area contributed by atoms with Gasteiger partial charge in [0.1, 0.15) is 7.11 Å². The highest BCUT2D eigenvalue weighted by atomic mass is 35.5. The van der Waals surface area contributed by atoms with E-state index in [1.54, 1.807) is 12.1 Å². The number of rotatable bonds is 6. The number of halogens is 4. The highest BCUT2D eigenvalue weighted by Gasteiger charge is 2.32. The molecule has 148 valence electrons. The number of alkyl halides is 3. The summed E-state index contributed by atoms with van der Waals surface area (Å²) >= 11 is 5.98. The fourth-order valence-corrected chi connectivity index (χ4v) is 2.42. The molecule has 0 fully saturated rings. The Labute approximate surface area is 163 Å². The van der Waals surface area contributed by atoms with E-state index in [1.165, 1.54) is 38.8 Å². The van der Waals surface area contributed by atoms with Gasteiger partial charge in [0.25, 0.3) is 0 Å². The van der Waals surface area contributed by atoms with Crippen molar-refractivity contribution in [2.24, 2.45) is 10.1 Å². The molecule has 0 bridgehead atoms. The van der Waals surface area contributed by atoms with Crippen LogP contribution in [0.5, 0.6) is 0 Å². The third-order valence-electron chi connectivity index (χ3n) is 3.51. The van der Waals surface area contributed by atoms with Crippen LogP contribution in [0.25, 0.3) is 0 Å². The van der Waals surface area contributed by atoms with E-state index in [2.05, 4.69) is 24.7 Å². The van der Waals surface area contributed by atoms with Crippen LogP contribution in [0.3, 0.4) is 0 Å². The van der Waals surface area contributed by atoms with E-state index >= 15 is 0 Å². The SMILES string of the molecule is CO/N=C/C(C=Nc1ccc(C(=O)OC)cc1)c1ncc(C(F)(F)F)cc1Cl. The lowest BCUT2D eigenvalue weighted by Gasteiger charge is -2.11. The van der Waals surface area contributed by atoms with Crippen molar-refractivity contribution >= 4 is 35.7 Å². The average molecular weight is 414 g/mol. The number of aliphatic imine (C=N–C) groups is 1. The topological polar surface area (TPSA) is 73.1 Å². The van der Waals surface area contributed by atoms with Crippen molar-refractivity contribution in [1.29, 1.82) is 0 Å². The molecule has 1 atom stereocenters. The Hall–Kier alpha value is -2.94. The predicted octanol–water partition coefficient (Wildman–Crippen LogP) is 4.66. The number of ether oxygens (including phenoxy) is 1. The highest BCUT2D eigenvalue weighted by Crippen LogP contribution is 2.32. The quantitative estimate of drug-likeness (QED) is 0.392. The van der Waals surface area contributed by atoms with Crippen LogP contribution in [0, 0.1) is 0 Å². The molecule has 2 rings (SSSR count). The molecule has 0 saturated carbocycles. The van der Waals surface area contributed by atoms with E-state index < -0.39 is 23.6 Å². The number of carbonyl (C=O) groups excluding carboxylic acids is 1. The van der Waals surface area contributed by atoms with Crippen LogP contribution >= 0.6 is 11.6 Å². The first-order valence-electron chi connectivity index (χ1n) is 7.78. The summed E-state index contributed by atoms with van der Waals surface area (Å²) in [6.07, 6.45) is -1.17. The molecule has 10 heteroatoms. The van der Waals surface area contributed by atoms with Gasteiger partial charge < -0.3 is 9.57 Å². The highest BCUT2D eigenvalue weighted by molar-refractivity contribution is 6.31. The number of aromatic nitrogens is 1. The van der Waals surface area contributed by atoms with E-state index in [-0.39, 0.29) is 10.7 Å². The van der Waals surface area contributed by atoms with Gasteiger partial charge in [0.2, 0.25) is 0 Å². The summed E-state index contributed by atoms with van der Waals surface area (Å²) in [6.45, 7) is 0. The molecule has 1 aromatic carbocycles. The van der Waals surface area contributed by atoms with Gasteiger partial charge in [-0.2, -0.15) is 13.2 Å². The Morgan fingerprint density at radius 2 is 1.89 bits per heavy atom. The number of methoxy groups -OCH3 is 1. The summed E-state index contributed by atoms with van der Waals surface area (Å²) in [5, 5.41) is 3.44. The van der Waals surface area contributed by atoms with E-state index in [1.807, 2.05) is 0 Å². The maximum absolute atomic E-state index is 12.8. The molecule has 1 heterocycles. The van der Waals surface area contributed by atoms with Gasteiger partial charge in [-0.15, -0.1) is 0 Å². The number of carbonyl (C=O) groups is 1. The zero-order chi connectivity index (χ0) is 20.7. The van der Waals surface area contributed by atoms with Gasteiger partial charge in [0.15, 0.2) is 0 Å². The Morgan fingerprint density at radius 1 is 1.21 bits per heavy atom. The molecule has 6 nitrogen and oxygen atoms in total. The van der Waals surface area contributed by atoms with E-state index in [0.29, 0.717) is 17.4 Å². The van der Waals surface area contributed by atoms with Crippen molar-refractivity contribution in [2.45, 2.75) is 12.1 Å². The Morgan fingerprint density at radius 3 is 2.43 bits per heavy atom. The van der Waals surface area contributed by atoms with Crippen molar-refractivity contribution in [2.75, 3.05) is 14.2 Å². The monoisotopic (exact) mass is 413 g/mol. The van der Waals surface area contributed by atoms with E-state index in [9.17, 15) is 18.0 Å². The van der Waals surface area contributed by atoms with Crippen molar-refractivity contribution in [3.63, 3.8) is 0 Å². The van der Waals surface area contributed by atoms with Crippen molar-refractivity contribution in [3.05, 3.63) is 58.4 Å². The molecule has 1 aromatic heterocycles. The zero-order valence-electron chi connectivity index (χ0n) is 14.8. The molecular formula is C18H15ClF3N3O3. The summed E-state index contributed by atoms with van der Waals surface area (Å²) < 4.78 is 43.0. The number of benzene rings is 1. The average Bonchev–Trinajstić information content (AvgIpc) is 2.67. The largest absolute Gasteiger partial charge is 0.465 e. The van der Waals surface area contributed by atoms with Gasteiger partial charge >= 0.3 is 12.1 Å². The molecular weight excluding hydrogens is 399 g/mol. The number of oxime groups is 1. The van der Waals surface area contributed by atoms with Gasteiger partial charge in [-0.3, -0.25) is 9.98 Å². The predicted molar refractivity (Wildman–Crippen MR) is 98.4 cm³/mol. The standard InChI is InChI=1S/C18H15ClF3N3O3/c1-27-17(26)11-3-5-14(6-4-11)23-8-12(9-25-28-2)16-15(19)7-13(10-24-16)18(20,21)22/h3-10,12H,1-2H3/b23-8?,25-9+. The van der Waals surface area contributed by atoms with Crippen LogP contribution in [0.4, 0.5) is 18.9 Å². The zero-order valence-corrected chi connectivity index (χ0v) is 15.5. The second-order valence-corrected chi connectivity index (χ2v) is 5.78. The number of hydrogen-bond donors (Lipinski definition) is 0. The van der Waals surface area contributed by atoms with Crippen LogP contribution in [0.1, 0.15) is 27.5 Å². The maximum atomic E-state index is 12.8. The lowest BCUT2D eigenvalue weighted by atomic mass is 10.1. The third-order valence-corrected chi connectivity index (χ3v) is 3.81. The molecule has 0 saturated heterocycles. The van der Waals surface area contributed by atoms with Gasteiger partial charge in [-0.05, 0) is 30.3 Å². The minimum absolute atomic E-state index is 0.130. The first kappa shape index (κ1) is 21.4. The van der Waals surface area contributed by atoms with E-state index in [0.717, 1.165) is 6.07 Å². The van der Waals surface area contributed by atoms with Gasteiger partial charge in [0, 0.05) is 12.4 Å². The van der Waals surface area contributed by atoms with Crippen molar-refractivity contribution in [1.82, 2.24) is 4.98 Å². The van der Waals surface area contributed by atoms with Crippen LogP contribution in [-0.4, -0.2) is 37.6 Å². The fourth-order valence-electron chi connectivity index (χ4n) is 2.12. The summed E-state index contributed by atoms with van der Waals surface area (Å²) in [5.41, 5.74) is 0.0160. The molecule has 0 spiro atoms. The minimum Gasteiger partial charge on any atom is -0.465 e. The van der Waals surface area contributed by atoms with Gasteiger partial charge in [-0.1, -0.05) is 16.8 Å². The van der Waals surface area contributed by atoms with Crippen LogP contribution < -0.4 is 0 Å². The maximum Gasteiger partial charge on any atom is 0.417 e. The molecule has 2 aromatic rings. The Bertz CT molecular complexity index is 884.